The molecule has 1 heterocycles. The first kappa shape index (κ1) is 14.1. The number of aromatic nitrogens is 1. The molecule has 0 N–H and O–H groups in total. The van der Waals surface area contributed by atoms with Crippen LogP contribution in [0.2, 0.25) is 0 Å². The van der Waals surface area contributed by atoms with Gasteiger partial charge in [0, 0.05) is 16.8 Å². The Balaban J connectivity index is 0.000000704. The van der Waals surface area contributed by atoms with Crippen molar-refractivity contribution in [2.45, 2.75) is 13.8 Å². The fourth-order valence-corrected chi connectivity index (χ4v) is 2.19. The predicted molar refractivity (Wildman–Crippen MR) is 83.7 cm³/mol. The lowest BCUT2D eigenvalue weighted by Gasteiger charge is -2.09. The maximum Gasteiger partial charge on any atom is 0.221 e. The molecule has 0 bridgehead atoms. The third kappa shape index (κ3) is 2.39. The molecule has 0 aliphatic heterocycles. The van der Waals surface area contributed by atoms with Gasteiger partial charge in [-0.2, -0.15) is 0 Å². The first-order valence-electron chi connectivity index (χ1n) is 6.74. The van der Waals surface area contributed by atoms with Gasteiger partial charge in [-0.3, -0.25) is 0 Å². The maximum absolute atomic E-state index is 5.36. The van der Waals surface area contributed by atoms with Gasteiger partial charge in [0.1, 0.15) is 5.75 Å². The molecule has 0 atom stereocenters. The van der Waals surface area contributed by atoms with Crippen molar-refractivity contribution in [3.05, 3.63) is 42.5 Å². The molecule has 3 heteroatoms. The zero-order chi connectivity index (χ0) is 14.5. The molecule has 104 valence electrons. The first-order valence-corrected chi connectivity index (χ1v) is 6.74. The van der Waals surface area contributed by atoms with Crippen LogP contribution < -0.4 is 9.47 Å². The average Bonchev–Trinajstić information content (AvgIpc) is 2.55. The molecule has 0 aliphatic carbocycles. The summed E-state index contributed by atoms with van der Waals surface area (Å²) in [5.74, 6) is 1.44. The minimum absolute atomic E-state index is 0.645. The van der Waals surface area contributed by atoms with Gasteiger partial charge in [0.2, 0.25) is 5.88 Å². The van der Waals surface area contributed by atoms with E-state index < -0.39 is 0 Å². The standard InChI is InChI=1S/C15H13NO2.C2H6/c1-17-10-7-8-12-11-5-3-4-6-13(11)15(18-2)16-14(12)9-10;1-2/h3-9H,1-2H3;1-2H3. The predicted octanol–water partition coefficient (Wildman–Crippen LogP) is 4.43. The van der Waals surface area contributed by atoms with Gasteiger partial charge in [0.25, 0.3) is 0 Å². The van der Waals surface area contributed by atoms with Crippen LogP contribution in [0.1, 0.15) is 13.8 Å². The van der Waals surface area contributed by atoms with Gasteiger partial charge < -0.3 is 9.47 Å². The van der Waals surface area contributed by atoms with Crippen LogP contribution in [0, 0.1) is 0 Å². The molecule has 2 aromatic carbocycles. The topological polar surface area (TPSA) is 31.4 Å². The number of pyridine rings is 1. The highest BCUT2D eigenvalue weighted by Crippen LogP contribution is 2.31. The van der Waals surface area contributed by atoms with Gasteiger partial charge >= 0.3 is 0 Å². The van der Waals surface area contributed by atoms with E-state index in [9.17, 15) is 0 Å². The summed E-state index contributed by atoms with van der Waals surface area (Å²) in [4.78, 5) is 4.53. The highest BCUT2D eigenvalue weighted by molar-refractivity contribution is 6.08. The Morgan fingerprint density at radius 3 is 2.15 bits per heavy atom. The Labute approximate surface area is 119 Å². The summed E-state index contributed by atoms with van der Waals surface area (Å²) in [6.45, 7) is 4.00. The van der Waals surface area contributed by atoms with Crippen molar-refractivity contribution >= 4 is 21.7 Å². The zero-order valence-corrected chi connectivity index (χ0v) is 12.3. The first-order chi connectivity index (χ1) is 9.83. The van der Waals surface area contributed by atoms with Crippen LogP contribution >= 0.6 is 0 Å². The van der Waals surface area contributed by atoms with Crippen molar-refractivity contribution in [3.63, 3.8) is 0 Å². The minimum atomic E-state index is 0.645. The molecule has 3 rings (SSSR count). The van der Waals surface area contributed by atoms with Crippen LogP contribution in [-0.4, -0.2) is 19.2 Å². The number of nitrogens with zero attached hydrogens (tertiary/aromatic N) is 1. The molecule has 20 heavy (non-hydrogen) atoms. The fraction of sp³-hybridized carbons (Fsp3) is 0.235. The van der Waals surface area contributed by atoms with Crippen LogP contribution in [0.4, 0.5) is 0 Å². The van der Waals surface area contributed by atoms with E-state index in [4.69, 9.17) is 9.47 Å². The number of benzene rings is 2. The van der Waals surface area contributed by atoms with Crippen molar-refractivity contribution in [1.82, 2.24) is 4.98 Å². The summed E-state index contributed by atoms with van der Waals surface area (Å²) in [6, 6.07) is 14.0. The Morgan fingerprint density at radius 1 is 0.800 bits per heavy atom. The molecule has 3 nitrogen and oxygen atoms in total. The van der Waals surface area contributed by atoms with E-state index in [-0.39, 0.29) is 0 Å². The molecule has 3 aromatic rings. The second kappa shape index (κ2) is 6.24. The molecule has 1 aromatic heterocycles. The average molecular weight is 269 g/mol. The Morgan fingerprint density at radius 2 is 1.50 bits per heavy atom. The van der Waals surface area contributed by atoms with Gasteiger partial charge in [-0.1, -0.05) is 32.0 Å². The van der Waals surface area contributed by atoms with Gasteiger partial charge in [-0.05, 0) is 23.6 Å². The number of hydrogen-bond donors (Lipinski definition) is 0. The molecule has 0 fully saturated rings. The normalized spacial score (nSPS) is 10.0. The molecular formula is C17H19NO2. The largest absolute Gasteiger partial charge is 0.497 e. The van der Waals surface area contributed by atoms with Crippen molar-refractivity contribution in [2.24, 2.45) is 0 Å². The Hall–Kier alpha value is -2.29. The number of fused-ring (bicyclic) bond motifs is 3. The van der Waals surface area contributed by atoms with E-state index in [2.05, 4.69) is 11.1 Å². The van der Waals surface area contributed by atoms with Crippen molar-refractivity contribution in [2.75, 3.05) is 14.2 Å². The monoisotopic (exact) mass is 269 g/mol. The number of hydrogen-bond acceptors (Lipinski definition) is 3. The van der Waals surface area contributed by atoms with E-state index in [0.717, 1.165) is 27.4 Å². The molecule has 0 radical (unpaired) electrons. The van der Waals surface area contributed by atoms with E-state index in [1.54, 1.807) is 14.2 Å². The Kier molecular flexibility index (Phi) is 4.41. The summed E-state index contributed by atoms with van der Waals surface area (Å²) in [5, 5.41) is 3.27. The second-order valence-electron chi connectivity index (χ2n) is 4.05. The van der Waals surface area contributed by atoms with Crippen LogP contribution in [0.3, 0.4) is 0 Å². The van der Waals surface area contributed by atoms with E-state index in [1.165, 1.54) is 0 Å². The van der Waals surface area contributed by atoms with Crippen molar-refractivity contribution in [1.29, 1.82) is 0 Å². The highest BCUT2D eigenvalue weighted by Gasteiger charge is 2.08. The lowest BCUT2D eigenvalue weighted by atomic mass is 10.1. The third-order valence-electron chi connectivity index (χ3n) is 3.07. The number of methoxy groups -OCH3 is 2. The summed E-state index contributed by atoms with van der Waals surface area (Å²) in [7, 11) is 3.29. The zero-order valence-electron chi connectivity index (χ0n) is 12.3. The summed E-state index contributed by atoms with van der Waals surface area (Å²) >= 11 is 0. The summed E-state index contributed by atoms with van der Waals surface area (Å²) < 4.78 is 10.6. The van der Waals surface area contributed by atoms with Crippen molar-refractivity contribution in [3.8, 4) is 11.6 Å². The fourth-order valence-electron chi connectivity index (χ4n) is 2.19. The van der Waals surface area contributed by atoms with E-state index >= 15 is 0 Å². The molecule has 0 unspecified atom stereocenters. The van der Waals surface area contributed by atoms with Crippen LogP contribution in [0.25, 0.3) is 21.7 Å². The van der Waals surface area contributed by atoms with E-state index in [0.29, 0.717) is 5.88 Å². The van der Waals surface area contributed by atoms with Gasteiger partial charge in [0.15, 0.2) is 0 Å². The number of ether oxygens (including phenoxy) is 2. The SMILES string of the molecule is CC.COc1ccc2c(c1)nc(OC)c1ccccc12. The minimum Gasteiger partial charge on any atom is -0.497 e. The quantitative estimate of drug-likeness (QED) is 0.645. The molecule has 0 saturated heterocycles. The molecule has 0 saturated carbocycles. The van der Waals surface area contributed by atoms with Gasteiger partial charge in [-0.15, -0.1) is 0 Å². The molecular weight excluding hydrogens is 250 g/mol. The smallest absolute Gasteiger partial charge is 0.221 e. The summed E-state index contributed by atoms with van der Waals surface area (Å²) in [6.07, 6.45) is 0. The van der Waals surface area contributed by atoms with Gasteiger partial charge in [0.05, 0.1) is 19.7 Å². The van der Waals surface area contributed by atoms with Crippen LogP contribution in [0.15, 0.2) is 42.5 Å². The third-order valence-corrected chi connectivity index (χ3v) is 3.07. The Bertz CT molecular complexity index is 723. The highest BCUT2D eigenvalue weighted by atomic mass is 16.5. The maximum atomic E-state index is 5.36. The van der Waals surface area contributed by atoms with Crippen LogP contribution in [0.5, 0.6) is 11.6 Å². The van der Waals surface area contributed by atoms with Gasteiger partial charge in [-0.25, -0.2) is 4.98 Å². The molecule has 0 aliphatic rings. The number of rotatable bonds is 2. The van der Waals surface area contributed by atoms with Crippen LogP contribution in [-0.2, 0) is 0 Å². The van der Waals surface area contributed by atoms with E-state index in [1.807, 2.05) is 50.2 Å². The van der Waals surface area contributed by atoms with Crippen molar-refractivity contribution < 1.29 is 9.47 Å². The lowest BCUT2D eigenvalue weighted by molar-refractivity contribution is 0.404. The second-order valence-corrected chi connectivity index (χ2v) is 4.05. The summed E-state index contributed by atoms with van der Waals surface area (Å²) in [5.41, 5.74) is 0.880. The molecule has 0 amide bonds. The molecule has 0 spiro atoms. The lowest BCUT2D eigenvalue weighted by Crippen LogP contribution is -1.92.